The second-order valence-corrected chi connectivity index (χ2v) is 3.98. The molecule has 2 nitrogen and oxygen atoms in total. The predicted molar refractivity (Wildman–Crippen MR) is 52.2 cm³/mol. The first-order valence-corrected chi connectivity index (χ1v) is 5.15. The molecule has 0 unspecified atom stereocenters. The van der Waals surface area contributed by atoms with Crippen molar-refractivity contribution in [2.24, 2.45) is 11.7 Å². The summed E-state index contributed by atoms with van der Waals surface area (Å²) in [6.45, 7) is 0. The summed E-state index contributed by atoms with van der Waals surface area (Å²) in [6.07, 6.45) is 10.1. The Balaban J connectivity index is 1.99. The van der Waals surface area contributed by atoms with Crippen molar-refractivity contribution in [1.29, 1.82) is 0 Å². The SMILES string of the molecule is N[C@@H](c1ccoc1)C1CCCCC1. The van der Waals surface area contributed by atoms with Gasteiger partial charge in [-0.1, -0.05) is 19.3 Å². The van der Waals surface area contributed by atoms with Crippen LogP contribution in [-0.2, 0) is 0 Å². The predicted octanol–water partition coefficient (Wildman–Crippen LogP) is 2.86. The molecule has 1 aliphatic carbocycles. The first kappa shape index (κ1) is 8.82. The lowest BCUT2D eigenvalue weighted by Gasteiger charge is -2.26. The van der Waals surface area contributed by atoms with Crippen molar-refractivity contribution < 1.29 is 4.42 Å². The summed E-state index contributed by atoms with van der Waals surface area (Å²) < 4.78 is 5.05. The minimum absolute atomic E-state index is 0.194. The molecule has 2 N–H and O–H groups in total. The van der Waals surface area contributed by atoms with Crippen LogP contribution in [0.3, 0.4) is 0 Å². The molecule has 1 aromatic rings. The molecule has 1 aliphatic rings. The van der Waals surface area contributed by atoms with E-state index in [4.69, 9.17) is 10.2 Å². The normalized spacial score (nSPS) is 21.6. The summed E-state index contributed by atoms with van der Waals surface area (Å²) >= 11 is 0. The van der Waals surface area contributed by atoms with Crippen molar-refractivity contribution in [1.82, 2.24) is 0 Å². The third kappa shape index (κ3) is 1.94. The molecule has 0 saturated heterocycles. The lowest BCUT2D eigenvalue weighted by molar-refractivity contribution is 0.307. The monoisotopic (exact) mass is 179 g/mol. The number of furan rings is 1. The van der Waals surface area contributed by atoms with Gasteiger partial charge in [0.2, 0.25) is 0 Å². The fourth-order valence-corrected chi connectivity index (χ4v) is 2.23. The zero-order valence-electron chi connectivity index (χ0n) is 7.91. The van der Waals surface area contributed by atoms with E-state index in [-0.39, 0.29) is 6.04 Å². The van der Waals surface area contributed by atoms with Gasteiger partial charge >= 0.3 is 0 Å². The zero-order valence-corrected chi connectivity index (χ0v) is 7.91. The van der Waals surface area contributed by atoms with Crippen LogP contribution in [0.2, 0.25) is 0 Å². The van der Waals surface area contributed by atoms with Gasteiger partial charge in [0.15, 0.2) is 0 Å². The van der Waals surface area contributed by atoms with Gasteiger partial charge in [0, 0.05) is 11.6 Å². The van der Waals surface area contributed by atoms with E-state index in [0.29, 0.717) is 5.92 Å². The van der Waals surface area contributed by atoms with E-state index in [2.05, 4.69) is 0 Å². The molecule has 2 rings (SSSR count). The second-order valence-electron chi connectivity index (χ2n) is 3.98. The maximum absolute atomic E-state index is 6.15. The van der Waals surface area contributed by atoms with E-state index >= 15 is 0 Å². The van der Waals surface area contributed by atoms with Gasteiger partial charge in [0.1, 0.15) is 0 Å². The highest BCUT2D eigenvalue weighted by Gasteiger charge is 2.22. The van der Waals surface area contributed by atoms with Gasteiger partial charge in [-0.3, -0.25) is 0 Å². The Kier molecular flexibility index (Phi) is 2.69. The van der Waals surface area contributed by atoms with Gasteiger partial charge in [0.05, 0.1) is 12.5 Å². The van der Waals surface area contributed by atoms with Crippen LogP contribution in [0.5, 0.6) is 0 Å². The first-order valence-electron chi connectivity index (χ1n) is 5.15. The van der Waals surface area contributed by atoms with Gasteiger partial charge in [0.25, 0.3) is 0 Å². The van der Waals surface area contributed by atoms with Crippen LogP contribution < -0.4 is 5.73 Å². The smallest absolute Gasteiger partial charge is 0.0950 e. The highest BCUT2D eigenvalue weighted by Crippen LogP contribution is 2.32. The lowest BCUT2D eigenvalue weighted by atomic mass is 9.82. The van der Waals surface area contributed by atoms with E-state index < -0.39 is 0 Å². The molecule has 0 radical (unpaired) electrons. The van der Waals surface area contributed by atoms with Crippen LogP contribution >= 0.6 is 0 Å². The average Bonchev–Trinajstić information content (AvgIpc) is 2.71. The quantitative estimate of drug-likeness (QED) is 0.758. The van der Waals surface area contributed by atoms with E-state index in [9.17, 15) is 0 Å². The number of nitrogens with two attached hydrogens (primary N) is 1. The van der Waals surface area contributed by atoms with Crippen LogP contribution in [-0.4, -0.2) is 0 Å². The van der Waals surface area contributed by atoms with Crippen molar-refractivity contribution in [2.75, 3.05) is 0 Å². The molecule has 0 aromatic carbocycles. The highest BCUT2D eigenvalue weighted by molar-refractivity contribution is 5.12. The lowest BCUT2D eigenvalue weighted by Crippen LogP contribution is -2.22. The summed E-state index contributed by atoms with van der Waals surface area (Å²) in [5.41, 5.74) is 7.31. The molecular weight excluding hydrogens is 162 g/mol. The summed E-state index contributed by atoms with van der Waals surface area (Å²) in [4.78, 5) is 0. The fraction of sp³-hybridized carbons (Fsp3) is 0.636. The van der Waals surface area contributed by atoms with E-state index in [1.54, 1.807) is 12.5 Å². The van der Waals surface area contributed by atoms with Gasteiger partial charge in [-0.2, -0.15) is 0 Å². The van der Waals surface area contributed by atoms with Crippen LogP contribution in [0.15, 0.2) is 23.0 Å². The molecule has 1 heterocycles. The summed E-state index contributed by atoms with van der Waals surface area (Å²) in [6, 6.07) is 2.18. The average molecular weight is 179 g/mol. The fourth-order valence-electron chi connectivity index (χ4n) is 2.23. The minimum Gasteiger partial charge on any atom is -0.472 e. The maximum atomic E-state index is 6.15. The summed E-state index contributed by atoms with van der Waals surface area (Å²) in [7, 11) is 0. The van der Waals surface area contributed by atoms with Crippen molar-refractivity contribution >= 4 is 0 Å². The molecule has 1 saturated carbocycles. The number of hydrogen-bond donors (Lipinski definition) is 1. The number of rotatable bonds is 2. The Morgan fingerprint density at radius 1 is 1.31 bits per heavy atom. The largest absolute Gasteiger partial charge is 0.472 e. The Bertz CT molecular complexity index is 237. The van der Waals surface area contributed by atoms with Gasteiger partial charge in [-0.25, -0.2) is 0 Å². The molecule has 1 aromatic heterocycles. The first-order chi connectivity index (χ1) is 6.38. The van der Waals surface area contributed by atoms with Crippen molar-refractivity contribution in [3.05, 3.63) is 24.2 Å². The molecule has 1 atom stereocenters. The van der Waals surface area contributed by atoms with Crippen molar-refractivity contribution in [3.63, 3.8) is 0 Å². The molecule has 1 fully saturated rings. The maximum Gasteiger partial charge on any atom is 0.0950 e. The van der Waals surface area contributed by atoms with Crippen LogP contribution in [0.4, 0.5) is 0 Å². The Morgan fingerprint density at radius 3 is 2.69 bits per heavy atom. The molecule has 13 heavy (non-hydrogen) atoms. The van der Waals surface area contributed by atoms with Gasteiger partial charge in [-0.15, -0.1) is 0 Å². The Morgan fingerprint density at radius 2 is 2.08 bits per heavy atom. The van der Waals surface area contributed by atoms with Crippen LogP contribution in [0.1, 0.15) is 43.7 Å². The Hall–Kier alpha value is -0.760. The highest BCUT2D eigenvalue weighted by atomic mass is 16.3. The van der Waals surface area contributed by atoms with Crippen molar-refractivity contribution in [2.45, 2.75) is 38.1 Å². The third-order valence-corrected chi connectivity index (χ3v) is 3.09. The molecule has 72 valence electrons. The second kappa shape index (κ2) is 3.97. The van der Waals surface area contributed by atoms with Crippen LogP contribution in [0, 0.1) is 5.92 Å². The summed E-state index contributed by atoms with van der Waals surface area (Å²) in [5.74, 6) is 0.673. The van der Waals surface area contributed by atoms with Gasteiger partial charge in [-0.05, 0) is 24.8 Å². The summed E-state index contributed by atoms with van der Waals surface area (Å²) in [5, 5.41) is 0. The molecule has 2 heteroatoms. The van der Waals surface area contributed by atoms with Crippen LogP contribution in [0.25, 0.3) is 0 Å². The molecular formula is C11H17NO. The molecule has 0 amide bonds. The van der Waals surface area contributed by atoms with Gasteiger partial charge < -0.3 is 10.2 Å². The van der Waals surface area contributed by atoms with E-state index in [1.165, 1.54) is 32.1 Å². The topological polar surface area (TPSA) is 39.2 Å². The molecule has 0 bridgehead atoms. The Labute approximate surface area is 79.1 Å². The molecule has 0 spiro atoms. The standard InChI is InChI=1S/C11H17NO/c12-11(10-6-7-13-8-10)9-4-2-1-3-5-9/h6-9,11H,1-5,12H2/t11-/m1/s1. The van der Waals surface area contributed by atoms with Crippen molar-refractivity contribution in [3.8, 4) is 0 Å². The van der Waals surface area contributed by atoms with E-state index in [0.717, 1.165) is 5.56 Å². The number of hydrogen-bond acceptors (Lipinski definition) is 2. The third-order valence-electron chi connectivity index (χ3n) is 3.09. The van der Waals surface area contributed by atoms with E-state index in [1.807, 2.05) is 6.07 Å². The molecule has 0 aliphatic heterocycles. The minimum atomic E-state index is 0.194. The zero-order chi connectivity index (χ0) is 9.10.